The molecule has 220 valence electrons. The minimum atomic E-state index is -0.784. The van der Waals surface area contributed by atoms with Gasteiger partial charge < -0.3 is 15.5 Å². The van der Waals surface area contributed by atoms with Gasteiger partial charge in [0.15, 0.2) is 5.54 Å². The summed E-state index contributed by atoms with van der Waals surface area (Å²) in [4.78, 5) is 32.5. The number of carbonyl (C=O) groups is 2. The molecule has 6 heteroatoms. The Labute approximate surface area is 250 Å². The van der Waals surface area contributed by atoms with E-state index in [1.54, 1.807) is 0 Å². The summed E-state index contributed by atoms with van der Waals surface area (Å²) in [6.07, 6.45) is 6.45. The van der Waals surface area contributed by atoms with Crippen molar-refractivity contribution < 1.29 is 9.59 Å². The Morgan fingerprint density at radius 2 is 1.67 bits per heavy atom. The standard InChI is InChI=1S/C36H44N4O2/c1-24-11-8-16-30(37-5)31(24)33(41)39-22-10-21-36(34(42)40(36)29-15-9-12-26(23-29)35(2,3)4)32(39)25-17-19-28(20-18-25)38-27-13-6-7-14-27/h8-9,11-12,15-20,23,27,32,37-38H,6-7,10,13-14,21-22H2,1-5H3. The molecule has 0 aromatic heterocycles. The fourth-order valence-corrected chi connectivity index (χ4v) is 7.28. The van der Waals surface area contributed by atoms with Crippen LogP contribution in [-0.2, 0) is 10.2 Å². The van der Waals surface area contributed by atoms with Gasteiger partial charge in [-0.1, -0.05) is 70.0 Å². The molecule has 3 aliphatic rings. The monoisotopic (exact) mass is 564 g/mol. The number of hydrogen-bond donors (Lipinski definition) is 2. The highest BCUT2D eigenvalue weighted by molar-refractivity contribution is 6.21. The van der Waals surface area contributed by atoms with Crippen molar-refractivity contribution in [1.82, 2.24) is 4.90 Å². The molecule has 1 saturated carbocycles. The third kappa shape index (κ3) is 4.85. The molecule has 3 aromatic carbocycles. The number of nitrogens with one attached hydrogen (secondary N) is 2. The van der Waals surface area contributed by atoms with E-state index in [1.807, 2.05) is 54.1 Å². The summed E-state index contributed by atoms with van der Waals surface area (Å²) in [5.41, 5.74) is 5.80. The minimum Gasteiger partial charge on any atom is -0.387 e. The summed E-state index contributed by atoms with van der Waals surface area (Å²) in [5, 5.41) is 6.91. The van der Waals surface area contributed by atoms with Gasteiger partial charge in [0.1, 0.15) is 0 Å². The molecule has 2 heterocycles. The van der Waals surface area contributed by atoms with Crippen molar-refractivity contribution in [3.63, 3.8) is 0 Å². The van der Waals surface area contributed by atoms with Crippen molar-refractivity contribution in [2.45, 2.75) is 89.3 Å². The Bertz CT molecular complexity index is 1480. The SMILES string of the molecule is CNc1cccc(C)c1C(=O)N1CCCC2(C(=O)N2c2cccc(C(C)(C)C)c2)C1c1ccc(NC2CCCC2)cc1. The quantitative estimate of drug-likeness (QED) is 0.305. The second kappa shape index (κ2) is 10.8. The van der Waals surface area contributed by atoms with E-state index in [-0.39, 0.29) is 17.2 Å². The minimum absolute atomic E-state index is 0.0298. The Balaban J connectivity index is 1.42. The van der Waals surface area contributed by atoms with Crippen molar-refractivity contribution in [2.24, 2.45) is 0 Å². The maximum atomic E-state index is 14.5. The topological polar surface area (TPSA) is 64.5 Å². The summed E-state index contributed by atoms with van der Waals surface area (Å²) in [7, 11) is 1.85. The van der Waals surface area contributed by atoms with Gasteiger partial charge in [0, 0.05) is 36.7 Å². The summed E-state index contributed by atoms with van der Waals surface area (Å²) >= 11 is 0. The lowest BCUT2D eigenvalue weighted by Crippen LogP contribution is -2.49. The number of anilines is 3. The van der Waals surface area contributed by atoms with E-state index in [2.05, 4.69) is 67.8 Å². The third-order valence-electron chi connectivity index (χ3n) is 9.58. The van der Waals surface area contributed by atoms with Crippen molar-refractivity contribution in [3.8, 4) is 0 Å². The van der Waals surface area contributed by atoms with Crippen LogP contribution in [0.1, 0.15) is 92.4 Å². The van der Waals surface area contributed by atoms with Gasteiger partial charge in [-0.3, -0.25) is 14.5 Å². The number of rotatable bonds is 6. The molecule has 3 fully saturated rings. The van der Waals surface area contributed by atoms with Crippen LogP contribution in [0.3, 0.4) is 0 Å². The molecule has 42 heavy (non-hydrogen) atoms. The lowest BCUT2D eigenvalue weighted by atomic mass is 9.82. The molecule has 0 radical (unpaired) electrons. The van der Waals surface area contributed by atoms with E-state index >= 15 is 0 Å². The maximum absolute atomic E-state index is 14.5. The second-order valence-corrected chi connectivity index (χ2v) is 13.4. The molecular formula is C36H44N4O2. The Morgan fingerprint density at radius 3 is 2.36 bits per heavy atom. The molecule has 0 bridgehead atoms. The first kappa shape index (κ1) is 28.3. The van der Waals surface area contributed by atoms with Gasteiger partial charge in [-0.25, -0.2) is 0 Å². The second-order valence-electron chi connectivity index (χ2n) is 13.4. The molecule has 6 nitrogen and oxygen atoms in total. The van der Waals surface area contributed by atoms with Gasteiger partial charge >= 0.3 is 0 Å². The highest BCUT2D eigenvalue weighted by Gasteiger charge is 2.70. The Morgan fingerprint density at radius 1 is 0.952 bits per heavy atom. The first-order chi connectivity index (χ1) is 20.1. The van der Waals surface area contributed by atoms with E-state index < -0.39 is 11.6 Å². The van der Waals surface area contributed by atoms with Crippen LogP contribution in [0.5, 0.6) is 0 Å². The smallest absolute Gasteiger partial charge is 0.256 e. The third-order valence-corrected chi connectivity index (χ3v) is 9.58. The van der Waals surface area contributed by atoms with Crippen LogP contribution in [0.2, 0.25) is 0 Å². The molecule has 2 saturated heterocycles. The number of nitrogens with zero attached hydrogens (tertiary/aromatic N) is 2. The van der Waals surface area contributed by atoms with Gasteiger partial charge in [0.2, 0.25) is 0 Å². The van der Waals surface area contributed by atoms with E-state index in [4.69, 9.17) is 0 Å². The van der Waals surface area contributed by atoms with Crippen LogP contribution >= 0.6 is 0 Å². The number of likely N-dealkylation sites (tertiary alicyclic amines) is 1. The van der Waals surface area contributed by atoms with E-state index in [1.165, 1.54) is 31.2 Å². The molecule has 2 amide bonds. The molecule has 2 unspecified atom stereocenters. The van der Waals surface area contributed by atoms with Gasteiger partial charge in [-0.2, -0.15) is 0 Å². The molecule has 6 rings (SSSR count). The van der Waals surface area contributed by atoms with Gasteiger partial charge in [-0.05, 0) is 85.0 Å². The molecule has 2 atom stereocenters. The molecule has 1 spiro atoms. The highest BCUT2D eigenvalue weighted by atomic mass is 16.2. The average molecular weight is 565 g/mol. The van der Waals surface area contributed by atoms with Gasteiger partial charge in [0.25, 0.3) is 11.8 Å². The summed E-state index contributed by atoms with van der Waals surface area (Å²) < 4.78 is 0. The van der Waals surface area contributed by atoms with Crippen LogP contribution in [0.25, 0.3) is 0 Å². The van der Waals surface area contributed by atoms with Crippen molar-refractivity contribution >= 4 is 28.9 Å². The summed E-state index contributed by atoms with van der Waals surface area (Å²) in [6.45, 7) is 9.17. The van der Waals surface area contributed by atoms with Gasteiger partial charge in [0.05, 0.1) is 11.6 Å². The zero-order valence-corrected chi connectivity index (χ0v) is 25.7. The van der Waals surface area contributed by atoms with Gasteiger partial charge in [-0.15, -0.1) is 0 Å². The number of piperidine rings is 1. The van der Waals surface area contributed by atoms with Crippen LogP contribution in [0, 0.1) is 6.92 Å². The number of aryl methyl sites for hydroxylation is 1. The van der Waals surface area contributed by atoms with Crippen LogP contribution in [0.15, 0.2) is 66.7 Å². The number of carbonyl (C=O) groups excluding carboxylic acids is 2. The number of amides is 2. The van der Waals surface area contributed by atoms with Crippen LogP contribution < -0.4 is 15.5 Å². The average Bonchev–Trinajstić information content (AvgIpc) is 3.28. The molecule has 2 aliphatic heterocycles. The fraction of sp³-hybridized carbons (Fsp3) is 0.444. The zero-order chi connectivity index (χ0) is 29.6. The molecular weight excluding hydrogens is 520 g/mol. The lowest BCUT2D eigenvalue weighted by molar-refractivity contribution is -0.112. The first-order valence-electron chi connectivity index (χ1n) is 15.5. The fourth-order valence-electron chi connectivity index (χ4n) is 7.28. The summed E-state index contributed by atoms with van der Waals surface area (Å²) in [5.74, 6) is 0.0700. The lowest BCUT2D eigenvalue weighted by Gasteiger charge is -2.41. The van der Waals surface area contributed by atoms with E-state index in [0.29, 0.717) is 18.2 Å². The van der Waals surface area contributed by atoms with Crippen molar-refractivity contribution in [3.05, 3.63) is 89.0 Å². The van der Waals surface area contributed by atoms with Crippen LogP contribution in [-0.4, -0.2) is 41.9 Å². The summed E-state index contributed by atoms with van der Waals surface area (Å²) in [6, 6.07) is 22.9. The predicted octanol–water partition coefficient (Wildman–Crippen LogP) is 7.45. The molecule has 1 aliphatic carbocycles. The van der Waals surface area contributed by atoms with E-state index in [0.717, 1.165) is 41.0 Å². The molecule has 3 aromatic rings. The number of hydrogen-bond acceptors (Lipinski definition) is 4. The highest BCUT2D eigenvalue weighted by Crippen LogP contribution is 2.56. The predicted molar refractivity (Wildman–Crippen MR) is 171 cm³/mol. The number of benzene rings is 3. The van der Waals surface area contributed by atoms with E-state index in [9.17, 15) is 9.59 Å². The molecule has 2 N–H and O–H groups in total. The van der Waals surface area contributed by atoms with Crippen molar-refractivity contribution in [2.75, 3.05) is 29.1 Å². The largest absolute Gasteiger partial charge is 0.387 e. The Hall–Kier alpha value is -3.80. The first-order valence-corrected chi connectivity index (χ1v) is 15.5. The Kier molecular flexibility index (Phi) is 7.28. The van der Waals surface area contributed by atoms with Crippen LogP contribution in [0.4, 0.5) is 17.1 Å². The normalized spacial score (nSPS) is 22.5. The zero-order valence-electron chi connectivity index (χ0n) is 25.7. The maximum Gasteiger partial charge on any atom is 0.256 e. The van der Waals surface area contributed by atoms with Crippen molar-refractivity contribution in [1.29, 1.82) is 0 Å².